The van der Waals surface area contributed by atoms with Crippen LogP contribution in [0, 0.1) is 17.8 Å². The topological polar surface area (TPSA) is 158 Å². The zero-order valence-corrected chi connectivity index (χ0v) is 37.6. The number of hydrogen-bond donors (Lipinski definition) is 3. The quantitative estimate of drug-likeness (QED) is 0.104. The molecule has 3 N–H and O–H groups in total. The molecule has 4 heterocycles. The number of amides is 4. The highest BCUT2D eigenvalue weighted by Gasteiger charge is 2.44. The number of fused-ring (bicyclic) bond motifs is 6. The summed E-state index contributed by atoms with van der Waals surface area (Å²) in [7, 11) is 1.29. The van der Waals surface area contributed by atoms with Crippen molar-refractivity contribution in [3.05, 3.63) is 108 Å². The van der Waals surface area contributed by atoms with Crippen molar-refractivity contribution < 1.29 is 37.4 Å². The summed E-state index contributed by atoms with van der Waals surface area (Å²) in [6.45, 7) is 1.45. The maximum atomic E-state index is 14.6. The Labute approximate surface area is 386 Å². The molecule has 3 fully saturated rings. The van der Waals surface area contributed by atoms with Gasteiger partial charge in [-0.05, 0) is 101 Å². The average molecular weight is 910 g/mol. The van der Waals surface area contributed by atoms with Crippen LogP contribution in [-0.4, -0.2) is 94.8 Å². The van der Waals surface area contributed by atoms with Crippen LogP contribution in [0.3, 0.4) is 0 Å². The third-order valence-corrected chi connectivity index (χ3v) is 13.9. The van der Waals surface area contributed by atoms with Gasteiger partial charge < -0.3 is 34.9 Å². The fourth-order valence-electron chi connectivity index (χ4n) is 10.3. The molecule has 6 aromatic rings. The summed E-state index contributed by atoms with van der Waals surface area (Å²) < 4.78 is 36.1. The molecule has 0 radical (unpaired) electrons. The van der Waals surface area contributed by atoms with Gasteiger partial charge in [-0.15, -0.1) is 0 Å². The van der Waals surface area contributed by atoms with E-state index in [2.05, 4.69) is 64.1 Å². The molecule has 346 valence electrons. The van der Waals surface area contributed by atoms with Crippen LogP contribution in [-0.2, 0) is 30.3 Å². The molecule has 1 aliphatic carbocycles. The number of rotatable bonds is 13. The molecule has 0 bridgehead atoms. The van der Waals surface area contributed by atoms with Crippen LogP contribution < -0.4 is 10.6 Å². The lowest BCUT2D eigenvalue weighted by Gasteiger charge is -2.30. The third-order valence-electron chi connectivity index (χ3n) is 13.9. The zero-order valence-electron chi connectivity index (χ0n) is 37.6. The van der Waals surface area contributed by atoms with E-state index < -0.39 is 30.8 Å². The number of nitrogens with one attached hydrogen (secondary N) is 3. The fourth-order valence-corrected chi connectivity index (χ4v) is 10.3. The second-order valence-corrected chi connectivity index (χ2v) is 18.7. The molecule has 0 spiro atoms. The van der Waals surface area contributed by atoms with E-state index in [0.717, 1.165) is 86.4 Å². The maximum absolute atomic E-state index is 14.6. The first-order valence-electron chi connectivity index (χ1n) is 23.2. The Kier molecular flexibility index (Phi) is 12.0. The van der Waals surface area contributed by atoms with Crippen molar-refractivity contribution in [3.63, 3.8) is 0 Å². The molecule has 4 amide bonds. The fraction of sp³-hybridized carbons (Fsp3) is 0.385. The number of carbonyl (C=O) groups is 4. The minimum absolute atomic E-state index is 0.107. The number of aromatic amines is 1. The van der Waals surface area contributed by atoms with E-state index >= 15 is 0 Å². The highest BCUT2D eigenvalue weighted by Crippen LogP contribution is 2.41. The molecule has 5 atom stereocenters. The number of methoxy groups -OCH3 is 1. The lowest BCUT2D eigenvalue weighted by Crippen LogP contribution is -2.51. The van der Waals surface area contributed by atoms with Crippen molar-refractivity contribution in [3.8, 4) is 11.1 Å². The number of imidazole rings is 1. The zero-order chi connectivity index (χ0) is 46.5. The van der Waals surface area contributed by atoms with Crippen molar-refractivity contribution in [1.29, 1.82) is 0 Å². The molecule has 1 saturated carbocycles. The van der Waals surface area contributed by atoms with E-state index in [1.165, 1.54) is 7.11 Å². The number of halogens is 2. The van der Waals surface area contributed by atoms with Gasteiger partial charge in [-0.3, -0.25) is 19.4 Å². The number of alkyl carbamates (subject to hydrolysis) is 1. The Morgan fingerprint density at radius 1 is 0.836 bits per heavy atom. The van der Waals surface area contributed by atoms with Crippen molar-refractivity contribution in [1.82, 2.24) is 30.4 Å². The molecule has 10 rings (SSSR count). The van der Waals surface area contributed by atoms with E-state index in [4.69, 9.17) is 19.5 Å². The number of benzene rings is 5. The second-order valence-electron chi connectivity index (χ2n) is 18.7. The summed E-state index contributed by atoms with van der Waals surface area (Å²) >= 11 is 0. The number of carbonyl (C=O) groups excluding carboxylic acids is 4. The molecule has 5 aromatic carbocycles. The number of alkyl halides is 2. The molecule has 1 aromatic heterocycles. The van der Waals surface area contributed by atoms with Gasteiger partial charge in [0, 0.05) is 42.4 Å². The van der Waals surface area contributed by atoms with Crippen molar-refractivity contribution >= 4 is 67.8 Å². The normalized spacial score (nSPS) is 20.2. The average Bonchev–Trinajstić information content (AvgIpc) is 3.67. The Balaban J connectivity index is 0.891. The minimum Gasteiger partial charge on any atom is -0.453 e. The van der Waals surface area contributed by atoms with Gasteiger partial charge in [0.05, 0.1) is 42.5 Å². The van der Waals surface area contributed by atoms with Gasteiger partial charge in [-0.1, -0.05) is 80.6 Å². The predicted octanol–water partition coefficient (Wildman–Crippen LogP) is 8.93. The summed E-state index contributed by atoms with van der Waals surface area (Å²) in [5, 5.41) is 9.80. The minimum atomic E-state index is -2.92. The van der Waals surface area contributed by atoms with Crippen LogP contribution in [0.5, 0.6) is 0 Å². The molecular weight excluding hydrogens is 857 g/mol. The van der Waals surface area contributed by atoms with Gasteiger partial charge in [0.15, 0.2) is 0 Å². The van der Waals surface area contributed by atoms with Crippen molar-refractivity contribution in [2.45, 2.75) is 83.2 Å². The first kappa shape index (κ1) is 44.1. The maximum Gasteiger partial charge on any atom is 0.407 e. The first-order valence-corrected chi connectivity index (χ1v) is 23.2. The molecule has 13 nitrogen and oxygen atoms in total. The highest BCUT2D eigenvalue weighted by atomic mass is 19.3. The lowest BCUT2D eigenvalue weighted by atomic mass is 9.94. The highest BCUT2D eigenvalue weighted by molar-refractivity contribution is 6.08. The Morgan fingerprint density at radius 3 is 2.28 bits per heavy atom. The van der Waals surface area contributed by atoms with Gasteiger partial charge in [0.25, 0.3) is 0 Å². The summed E-state index contributed by atoms with van der Waals surface area (Å²) in [5.74, 6) is -0.470. The predicted molar refractivity (Wildman–Crippen MR) is 251 cm³/mol. The number of ether oxygens (including phenoxy) is 2. The van der Waals surface area contributed by atoms with Crippen LogP contribution in [0.25, 0.3) is 43.7 Å². The summed E-state index contributed by atoms with van der Waals surface area (Å²) in [4.78, 5) is 70.7. The van der Waals surface area contributed by atoms with E-state index in [1.54, 1.807) is 4.90 Å². The number of H-pyrrole nitrogens is 1. The van der Waals surface area contributed by atoms with E-state index in [-0.39, 0.29) is 54.7 Å². The van der Waals surface area contributed by atoms with Crippen LogP contribution in [0.2, 0.25) is 0 Å². The van der Waals surface area contributed by atoms with Gasteiger partial charge in [-0.2, -0.15) is 8.78 Å². The summed E-state index contributed by atoms with van der Waals surface area (Å²) in [6, 6.07) is 27.7. The molecule has 3 aliphatic heterocycles. The van der Waals surface area contributed by atoms with E-state index in [1.807, 2.05) is 61.2 Å². The molecule has 2 saturated heterocycles. The number of aliphatic imine (C=N–C) groups is 1. The standard InChI is InChI=1S/C52H53F2N7O6/c1-28(2)44(59-52(65)66-3)49(63)60-21-7-10-42(60)47-56-40-20-16-35-24-33(14-18-37(35)46(40)57-47)32-13-17-36-34(23-32)15-19-39-38(36)25-41(55-39)43-22-29(27-67-51(53)54)26-61(43)50(64)45(30-8-5-4-6-9-30)58-48(62)31-11-12-31/h4-6,8-9,13-20,23-24,28-29,31,42-45,51H,7,10-12,21-22,25-27H2,1-3H3,(H,56,57)(H,58,62)(H,59,65)/t29-,42-,43-,44-,45+/m0/s1. The van der Waals surface area contributed by atoms with Crippen molar-refractivity contribution in [2.24, 2.45) is 22.7 Å². The summed E-state index contributed by atoms with van der Waals surface area (Å²) in [6.07, 6.45) is 3.41. The molecular formula is C52H53F2N7O6. The van der Waals surface area contributed by atoms with Gasteiger partial charge in [0.1, 0.15) is 17.9 Å². The van der Waals surface area contributed by atoms with Crippen LogP contribution in [0.15, 0.2) is 96.0 Å². The number of aromatic nitrogens is 2. The third kappa shape index (κ3) is 8.72. The number of hydrogen-bond acceptors (Lipinski definition) is 8. The second kappa shape index (κ2) is 18.2. The summed E-state index contributed by atoms with van der Waals surface area (Å²) in [5.41, 5.74) is 7.06. The number of nitrogens with zero attached hydrogens (tertiary/aromatic N) is 4. The van der Waals surface area contributed by atoms with Crippen LogP contribution in [0.1, 0.15) is 75.0 Å². The monoisotopic (exact) mass is 909 g/mol. The van der Waals surface area contributed by atoms with Crippen LogP contribution in [0.4, 0.5) is 19.3 Å². The largest absolute Gasteiger partial charge is 0.453 e. The molecule has 15 heteroatoms. The SMILES string of the molecule is COC(=O)N[C@H](C(=O)N1CCC[C@H]1c1nc2c(ccc3cc(-c4ccc5c6c(ccc5c4)N=C([C@@H]4C[C@H](COC(F)F)CN4C(=O)[C@H](NC(=O)C4CC4)c4ccccc4)C6)ccc32)[nH]1)C(C)C. The Morgan fingerprint density at radius 2 is 1.57 bits per heavy atom. The van der Waals surface area contributed by atoms with Crippen molar-refractivity contribution in [2.75, 3.05) is 26.8 Å². The van der Waals surface area contributed by atoms with Gasteiger partial charge in [-0.25, -0.2) is 9.78 Å². The first-order chi connectivity index (χ1) is 32.4. The molecule has 67 heavy (non-hydrogen) atoms. The van der Waals surface area contributed by atoms with Crippen LogP contribution >= 0.6 is 0 Å². The lowest BCUT2D eigenvalue weighted by molar-refractivity contribution is -0.140. The molecule has 0 unspecified atom stereocenters. The Hall–Kier alpha value is -6.74. The van der Waals surface area contributed by atoms with Gasteiger partial charge >= 0.3 is 12.7 Å². The Bertz CT molecular complexity index is 2930. The van der Waals surface area contributed by atoms with E-state index in [9.17, 15) is 28.0 Å². The van der Waals surface area contributed by atoms with E-state index in [0.29, 0.717) is 30.8 Å². The molecule has 4 aliphatic rings. The smallest absolute Gasteiger partial charge is 0.407 e. The number of likely N-dealkylation sites (tertiary alicyclic amines) is 2. The van der Waals surface area contributed by atoms with Gasteiger partial charge in [0.2, 0.25) is 17.7 Å².